The van der Waals surface area contributed by atoms with Crippen molar-refractivity contribution in [3.8, 4) is 17.2 Å². The zero-order chi connectivity index (χ0) is 27.9. The summed E-state index contributed by atoms with van der Waals surface area (Å²) in [4.78, 5) is 27.4. The molecular weight excluding hydrogens is 510 g/mol. The number of methoxy groups -OCH3 is 1. The molecule has 0 amide bonds. The molecule has 0 atom stereocenters. The van der Waals surface area contributed by atoms with Gasteiger partial charge in [0.1, 0.15) is 19.0 Å². The van der Waals surface area contributed by atoms with Gasteiger partial charge in [-0.25, -0.2) is 4.79 Å². The largest absolute Gasteiger partial charge is 0.497 e. The monoisotopic (exact) mass is 547 g/mol. The normalized spacial score (nSPS) is 15.9. The van der Waals surface area contributed by atoms with Crippen LogP contribution in [0.1, 0.15) is 30.9 Å². The van der Waals surface area contributed by atoms with Crippen molar-refractivity contribution >= 4 is 22.9 Å². The molecule has 9 nitrogen and oxygen atoms in total. The predicted molar refractivity (Wildman–Crippen MR) is 154 cm³/mol. The lowest BCUT2D eigenvalue weighted by molar-refractivity contribution is -0.137. The Labute approximate surface area is 234 Å². The van der Waals surface area contributed by atoms with Crippen LogP contribution >= 0.6 is 0 Å². The van der Waals surface area contributed by atoms with E-state index in [-0.39, 0.29) is 5.56 Å². The van der Waals surface area contributed by atoms with Crippen LogP contribution in [0.25, 0.3) is 17.0 Å². The van der Waals surface area contributed by atoms with Crippen LogP contribution in [-0.2, 0) is 22.6 Å². The minimum atomic E-state index is -0.433. The van der Waals surface area contributed by atoms with Crippen molar-refractivity contribution in [2.24, 2.45) is 0 Å². The Hall–Kier alpha value is -3.82. The lowest BCUT2D eigenvalue weighted by atomic mass is 10.0. The van der Waals surface area contributed by atoms with Gasteiger partial charge in [0.15, 0.2) is 11.5 Å². The zero-order valence-electron chi connectivity index (χ0n) is 23.2. The van der Waals surface area contributed by atoms with Crippen molar-refractivity contribution in [1.29, 1.82) is 0 Å². The fraction of sp³-hybridized carbons (Fsp3) is 0.419. The van der Waals surface area contributed by atoms with Gasteiger partial charge in [0.25, 0.3) is 5.56 Å². The number of carbonyl (C=O) groups is 1. The number of rotatable bonds is 10. The first-order valence-electron chi connectivity index (χ1n) is 13.9. The van der Waals surface area contributed by atoms with Crippen LogP contribution < -0.4 is 25.1 Å². The molecule has 1 N–H and O–H groups in total. The highest BCUT2D eigenvalue weighted by molar-refractivity contribution is 5.94. The highest BCUT2D eigenvalue weighted by Crippen LogP contribution is 2.31. The molecule has 9 heteroatoms. The van der Waals surface area contributed by atoms with Crippen molar-refractivity contribution in [1.82, 2.24) is 14.8 Å². The second kappa shape index (κ2) is 13.0. The number of nitrogens with zero attached hydrogens (tertiary/aromatic N) is 2. The summed E-state index contributed by atoms with van der Waals surface area (Å²) in [5, 5.41) is 4.57. The number of fused-ring (bicyclic) bond motifs is 2. The van der Waals surface area contributed by atoms with E-state index in [1.165, 1.54) is 11.6 Å². The predicted octanol–water partition coefficient (Wildman–Crippen LogP) is 3.61. The Morgan fingerprint density at radius 1 is 1.05 bits per heavy atom. The number of hydrogen-bond donors (Lipinski definition) is 1. The van der Waals surface area contributed by atoms with Gasteiger partial charge in [-0.1, -0.05) is 6.07 Å². The lowest BCUT2D eigenvalue weighted by Gasteiger charge is -2.32. The van der Waals surface area contributed by atoms with Gasteiger partial charge in [-0.3, -0.25) is 4.79 Å². The van der Waals surface area contributed by atoms with Crippen molar-refractivity contribution in [2.75, 3.05) is 46.6 Å². The summed E-state index contributed by atoms with van der Waals surface area (Å²) in [7, 11) is 1.61. The Morgan fingerprint density at radius 2 is 1.85 bits per heavy atom. The van der Waals surface area contributed by atoms with Crippen molar-refractivity contribution < 1.29 is 23.7 Å². The van der Waals surface area contributed by atoms with E-state index in [1.54, 1.807) is 30.7 Å². The van der Waals surface area contributed by atoms with E-state index in [1.807, 2.05) is 24.3 Å². The van der Waals surface area contributed by atoms with E-state index >= 15 is 0 Å². The average Bonchev–Trinajstić information content (AvgIpc) is 2.98. The highest BCUT2D eigenvalue weighted by atomic mass is 16.6. The Kier molecular flexibility index (Phi) is 9.03. The summed E-state index contributed by atoms with van der Waals surface area (Å²) in [5.74, 6) is 1.88. The topological polar surface area (TPSA) is 91.3 Å². The van der Waals surface area contributed by atoms with E-state index in [0.717, 1.165) is 61.4 Å². The molecule has 1 saturated heterocycles. The molecule has 0 bridgehead atoms. The molecule has 3 aromatic rings. The van der Waals surface area contributed by atoms with Gasteiger partial charge in [-0.15, -0.1) is 0 Å². The maximum absolute atomic E-state index is 13.2. The number of benzene rings is 2. The molecule has 2 aromatic carbocycles. The molecule has 0 spiro atoms. The van der Waals surface area contributed by atoms with Crippen LogP contribution in [0.2, 0.25) is 0 Å². The number of aromatic nitrogens is 1. The molecule has 2 aliphatic rings. The van der Waals surface area contributed by atoms with Crippen LogP contribution in [0.15, 0.2) is 53.3 Å². The SMILES string of the molecule is CCOC(=O)C=Cc1cc(=O)n(CCN2CCC(NCc3ccc4c(c3)OCCO4)CC2)c2cc(OC)ccc12. The molecule has 0 saturated carbocycles. The Morgan fingerprint density at radius 3 is 2.62 bits per heavy atom. The van der Waals surface area contributed by atoms with E-state index in [0.29, 0.717) is 43.7 Å². The number of ether oxygens (including phenoxy) is 4. The van der Waals surface area contributed by atoms with Gasteiger partial charge in [-0.05, 0) is 74.3 Å². The lowest BCUT2D eigenvalue weighted by Crippen LogP contribution is -2.43. The van der Waals surface area contributed by atoms with Crippen LogP contribution in [-0.4, -0.2) is 68.0 Å². The highest BCUT2D eigenvalue weighted by Gasteiger charge is 2.20. The van der Waals surface area contributed by atoms with Crippen molar-refractivity contribution in [2.45, 2.75) is 38.9 Å². The fourth-order valence-corrected chi connectivity index (χ4v) is 5.29. The van der Waals surface area contributed by atoms with Crippen LogP contribution in [0.3, 0.4) is 0 Å². The van der Waals surface area contributed by atoms with Gasteiger partial charge in [0.05, 0.1) is 19.2 Å². The summed E-state index contributed by atoms with van der Waals surface area (Å²) in [6.07, 6.45) is 5.09. The smallest absolute Gasteiger partial charge is 0.330 e. The number of nitrogens with one attached hydrogen (secondary N) is 1. The van der Waals surface area contributed by atoms with Crippen LogP contribution in [0.5, 0.6) is 17.2 Å². The molecule has 3 heterocycles. The summed E-state index contributed by atoms with van der Waals surface area (Å²) in [5.41, 5.74) is 2.54. The first-order valence-corrected chi connectivity index (χ1v) is 13.9. The van der Waals surface area contributed by atoms with Crippen LogP contribution in [0, 0.1) is 0 Å². The van der Waals surface area contributed by atoms with E-state index in [4.69, 9.17) is 18.9 Å². The van der Waals surface area contributed by atoms with Gasteiger partial charge in [0.2, 0.25) is 0 Å². The minimum absolute atomic E-state index is 0.111. The second-order valence-electron chi connectivity index (χ2n) is 10.0. The van der Waals surface area contributed by atoms with Gasteiger partial charge >= 0.3 is 5.97 Å². The van der Waals surface area contributed by atoms with Gasteiger partial charge in [0, 0.05) is 49.3 Å². The number of likely N-dealkylation sites (tertiary alicyclic amines) is 1. The molecule has 1 aromatic heterocycles. The third kappa shape index (κ3) is 6.66. The molecule has 5 rings (SSSR count). The summed E-state index contributed by atoms with van der Waals surface area (Å²) >= 11 is 0. The molecule has 40 heavy (non-hydrogen) atoms. The molecular formula is C31H37N3O6. The number of hydrogen-bond acceptors (Lipinski definition) is 8. The number of piperidine rings is 1. The zero-order valence-corrected chi connectivity index (χ0v) is 23.2. The second-order valence-corrected chi connectivity index (χ2v) is 10.0. The third-order valence-electron chi connectivity index (χ3n) is 7.47. The van der Waals surface area contributed by atoms with Gasteiger partial charge < -0.3 is 33.7 Å². The first kappa shape index (κ1) is 27.7. The molecule has 0 radical (unpaired) electrons. The average molecular weight is 548 g/mol. The van der Waals surface area contributed by atoms with E-state index in [9.17, 15) is 9.59 Å². The Bertz CT molecular complexity index is 1420. The number of pyridine rings is 1. The van der Waals surface area contributed by atoms with Crippen molar-refractivity contribution in [3.63, 3.8) is 0 Å². The molecule has 1 fully saturated rings. The van der Waals surface area contributed by atoms with E-state index < -0.39 is 5.97 Å². The summed E-state index contributed by atoms with van der Waals surface area (Å²) in [6, 6.07) is 13.8. The molecule has 2 aliphatic heterocycles. The maximum atomic E-state index is 13.2. The minimum Gasteiger partial charge on any atom is -0.497 e. The van der Waals surface area contributed by atoms with E-state index in [2.05, 4.69) is 22.3 Å². The maximum Gasteiger partial charge on any atom is 0.330 e. The number of carbonyl (C=O) groups excluding carboxylic acids is 1. The fourth-order valence-electron chi connectivity index (χ4n) is 5.29. The Balaban J connectivity index is 1.20. The van der Waals surface area contributed by atoms with Gasteiger partial charge in [-0.2, -0.15) is 0 Å². The third-order valence-corrected chi connectivity index (χ3v) is 7.47. The molecule has 212 valence electrons. The summed E-state index contributed by atoms with van der Waals surface area (Å²) < 4.78 is 23.5. The number of esters is 1. The summed E-state index contributed by atoms with van der Waals surface area (Å²) in [6.45, 7) is 7.33. The first-order chi connectivity index (χ1) is 19.5. The molecule has 0 unspecified atom stereocenters. The van der Waals surface area contributed by atoms with Crippen molar-refractivity contribution in [3.05, 3.63) is 70.0 Å². The quantitative estimate of drug-likeness (QED) is 0.304. The molecule has 0 aliphatic carbocycles. The standard InChI is InChI=1S/C31H37N3O6/c1-3-38-31(36)9-5-23-19-30(35)34(27-20-25(37-2)6-7-26(23)27)15-14-33-12-10-24(11-13-33)32-21-22-4-8-28-29(18-22)40-17-16-39-28/h4-9,18-20,24,32H,3,10-17,21H2,1-2H3. The van der Waals surface area contributed by atoms with Crippen LogP contribution in [0.4, 0.5) is 0 Å².